The summed E-state index contributed by atoms with van der Waals surface area (Å²) in [4.78, 5) is 11.9. The minimum atomic E-state index is -0.199. The fourth-order valence-corrected chi connectivity index (χ4v) is 9.20. The Kier molecular flexibility index (Phi) is 5.19. The maximum atomic E-state index is 11.9. The van der Waals surface area contributed by atoms with E-state index in [0.29, 0.717) is 17.8 Å². The second-order valence-electron chi connectivity index (χ2n) is 13.4. The number of carbonyl (C=O) groups excluding carboxylic acids is 1. The SMILES string of the molecule is CC1=CC(CC(C)[C@H]2CC[C@@]3(C)C4=CCC5C(C)(C)[C@H](O)CC[C@]5(C)C4=CC[C@]23C)OC1=O. The lowest BCUT2D eigenvalue weighted by atomic mass is 9.44. The molecule has 1 N–H and O–H groups in total. The van der Waals surface area contributed by atoms with Crippen LogP contribution in [-0.2, 0) is 9.53 Å². The molecular weight excluding hydrogens is 408 g/mol. The van der Waals surface area contributed by atoms with Gasteiger partial charge < -0.3 is 9.84 Å². The van der Waals surface area contributed by atoms with Crippen molar-refractivity contribution in [3.05, 3.63) is 34.9 Å². The van der Waals surface area contributed by atoms with E-state index in [-0.39, 0.29) is 39.8 Å². The van der Waals surface area contributed by atoms with E-state index in [4.69, 9.17) is 4.74 Å². The fraction of sp³-hybridized carbons (Fsp3) is 0.767. The van der Waals surface area contributed by atoms with Crippen molar-refractivity contribution in [3.63, 3.8) is 0 Å². The van der Waals surface area contributed by atoms with Gasteiger partial charge in [-0.25, -0.2) is 4.79 Å². The predicted octanol–water partition coefficient (Wildman–Crippen LogP) is 6.77. The van der Waals surface area contributed by atoms with Crippen molar-refractivity contribution in [1.29, 1.82) is 0 Å². The van der Waals surface area contributed by atoms with Crippen LogP contribution in [0.1, 0.15) is 93.4 Å². The van der Waals surface area contributed by atoms with Gasteiger partial charge in [-0.15, -0.1) is 0 Å². The van der Waals surface area contributed by atoms with Crippen molar-refractivity contribution in [1.82, 2.24) is 0 Å². The number of hydrogen-bond donors (Lipinski definition) is 1. The smallest absolute Gasteiger partial charge is 0.334 e. The van der Waals surface area contributed by atoms with Gasteiger partial charge in [-0.3, -0.25) is 0 Å². The Hall–Kier alpha value is -1.35. The predicted molar refractivity (Wildman–Crippen MR) is 132 cm³/mol. The second kappa shape index (κ2) is 7.33. The molecule has 3 nitrogen and oxygen atoms in total. The lowest BCUT2D eigenvalue weighted by Crippen LogP contribution is -2.54. The van der Waals surface area contributed by atoms with E-state index in [9.17, 15) is 9.90 Å². The lowest BCUT2D eigenvalue weighted by Gasteiger charge is -2.61. The molecule has 8 atom stereocenters. The monoisotopic (exact) mass is 452 g/mol. The first-order valence-electron chi connectivity index (χ1n) is 13.3. The van der Waals surface area contributed by atoms with Crippen LogP contribution in [0.3, 0.4) is 0 Å². The number of rotatable bonds is 3. The molecule has 0 saturated heterocycles. The van der Waals surface area contributed by atoms with Crippen LogP contribution in [0.25, 0.3) is 0 Å². The van der Waals surface area contributed by atoms with Gasteiger partial charge in [0.15, 0.2) is 0 Å². The van der Waals surface area contributed by atoms with E-state index in [1.807, 2.05) is 13.0 Å². The molecule has 0 aromatic carbocycles. The summed E-state index contributed by atoms with van der Waals surface area (Å²) in [5, 5.41) is 10.8. The quantitative estimate of drug-likeness (QED) is 0.481. The van der Waals surface area contributed by atoms with Crippen LogP contribution < -0.4 is 0 Å². The summed E-state index contributed by atoms with van der Waals surface area (Å²) in [5.41, 5.74) is 4.54. The molecule has 4 aliphatic carbocycles. The topological polar surface area (TPSA) is 46.5 Å². The van der Waals surface area contributed by atoms with E-state index in [1.165, 1.54) is 12.8 Å². The van der Waals surface area contributed by atoms with E-state index in [0.717, 1.165) is 37.7 Å². The third-order valence-electron chi connectivity index (χ3n) is 11.6. The number of aliphatic hydroxyl groups is 1. The lowest BCUT2D eigenvalue weighted by molar-refractivity contribution is -0.140. The highest BCUT2D eigenvalue weighted by Crippen LogP contribution is 2.71. The van der Waals surface area contributed by atoms with Crippen molar-refractivity contribution >= 4 is 5.97 Å². The number of aliphatic hydroxyl groups excluding tert-OH is 1. The molecule has 33 heavy (non-hydrogen) atoms. The van der Waals surface area contributed by atoms with E-state index in [1.54, 1.807) is 11.1 Å². The summed E-state index contributed by atoms with van der Waals surface area (Å²) < 4.78 is 5.61. The number of allylic oxidation sites excluding steroid dienone is 4. The fourth-order valence-electron chi connectivity index (χ4n) is 9.20. The first kappa shape index (κ1) is 23.4. The highest BCUT2D eigenvalue weighted by atomic mass is 16.5. The molecule has 1 aliphatic heterocycles. The molecule has 1 heterocycles. The van der Waals surface area contributed by atoms with Gasteiger partial charge in [0.1, 0.15) is 6.10 Å². The van der Waals surface area contributed by atoms with Crippen LogP contribution in [0, 0.1) is 39.4 Å². The highest BCUT2D eigenvalue weighted by molar-refractivity contribution is 5.90. The van der Waals surface area contributed by atoms with Crippen LogP contribution in [0.2, 0.25) is 0 Å². The highest BCUT2D eigenvalue weighted by Gasteiger charge is 2.63. The molecule has 2 fully saturated rings. The molecule has 0 bridgehead atoms. The molecule has 2 saturated carbocycles. The van der Waals surface area contributed by atoms with Crippen molar-refractivity contribution in [2.45, 2.75) is 106 Å². The van der Waals surface area contributed by atoms with E-state index < -0.39 is 0 Å². The first-order valence-corrected chi connectivity index (χ1v) is 13.3. The van der Waals surface area contributed by atoms with E-state index >= 15 is 0 Å². The third kappa shape index (κ3) is 3.06. The van der Waals surface area contributed by atoms with Gasteiger partial charge in [0.25, 0.3) is 0 Å². The molecule has 5 rings (SSSR count). The van der Waals surface area contributed by atoms with Gasteiger partial charge in [-0.1, -0.05) is 53.7 Å². The number of carbonyl (C=O) groups is 1. The Morgan fingerprint density at radius 2 is 1.82 bits per heavy atom. The molecular formula is C30H44O3. The second-order valence-corrected chi connectivity index (χ2v) is 13.4. The molecule has 182 valence electrons. The molecule has 0 aromatic heterocycles. The molecule has 0 radical (unpaired) electrons. The Bertz CT molecular complexity index is 954. The molecule has 3 heteroatoms. The number of cyclic esters (lactones) is 1. The Morgan fingerprint density at radius 1 is 1.09 bits per heavy atom. The van der Waals surface area contributed by atoms with Gasteiger partial charge in [0.2, 0.25) is 0 Å². The van der Waals surface area contributed by atoms with Crippen molar-refractivity contribution in [2.24, 2.45) is 39.4 Å². The summed E-state index contributed by atoms with van der Waals surface area (Å²) in [6.45, 7) is 16.4. The zero-order valence-corrected chi connectivity index (χ0v) is 21.8. The summed E-state index contributed by atoms with van der Waals surface area (Å²) in [6.07, 6.45) is 14.6. The van der Waals surface area contributed by atoms with Crippen LogP contribution in [0.15, 0.2) is 34.9 Å². The zero-order chi connectivity index (χ0) is 24.0. The Labute approximate surface area is 200 Å². The minimum Gasteiger partial charge on any atom is -0.455 e. The van der Waals surface area contributed by atoms with E-state index in [2.05, 4.69) is 53.7 Å². The number of esters is 1. The Balaban J connectivity index is 1.45. The average molecular weight is 453 g/mol. The number of ether oxygens (including phenoxy) is 1. The van der Waals surface area contributed by atoms with Gasteiger partial charge in [0, 0.05) is 5.57 Å². The Morgan fingerprint density at radius 3 is 2.48 bits per heavy atom. The van der Waals surface area contributed by atoms with Gasteiger partial charge in [0.05, 0.1) is 6.10 Å². The standard InChI is InChI=1S/C30H44O3/c1-18(16-20-17-19(2)26(32)33-20)21-10-14-30(7)23-8-9-24-27(3,4)25(31)12-13-28(24,5)22(23)11-15-29(21,30)6/h8,11,17-18,20-21,24-25,31H,9-10,12-16H2,1-7H3/t18?,20?,21-,24?,25-,28-,29-,30+/m1/s1. The number of fused-ring (bicyclic) bond motifs is 5. The van der Waals surface area contributed by atoms with Gasteiger partial charge >= 0.3 is 5.97 Å². The third-order valence-corrected chi connectivity index (χ3v) is 11.6. The van der Waals surface area contributed by atoms with Crippen LogP contribution in [0.4, 0.5) is 0 Å². The summed E-state index contributed by atoms with van der Waals surface area (Å²) >= 11 is 0. The molecule has 0 amide bonds. The maximum absolute atomic E-state index is 11.9. The summed E-state index contributed by atoms with van der Waals surface area (Å²) in [5.74, 6) is 1.50. The summed E-state index contributed by atoms with van der Waals surface area (Å²) in [7, 11) is 0. The first-order chi connectivity index (χ1) is 15.3. The average Bonchev–Trinajstić information content (AvgIpc) is 3.20. The van der Waals surface area contributed by atoms with Crippen LogP contribution in [-0.4, -0.2) is 23.3 Å². The largest absolute Gasteiger partial charge is 0.455 e. The van der Waals surface area contributed by atoms with Crippen LogP contribution in [0.5, 0.6) is 0 Å². The molecule has 0 aromatic rings. The van der Waals surface area contributed by atoms with Crippen molar-refractivity contribution in [3.8, 4) is 0 Å². The maximum Gasteiger partial charge on any atom is 0.334 e. The molecule has 0 spiro atoms. The number of hydrogen-bond acceptors (Lipinski definition) is 3. The zero-order valence-electron chi connectivity index (χ0n) is 21.8. The van der Waals surface area contributed by atoms with Crippen molar-refractivity contribution in [2.75, 3.05) is 0 Å². The molecule has 5 aliphatic rings. The summed E-state index contributed by atoms with van der Waals surface area (Å²) in [6, 6.07) is 0. The van der Waals surface area contributed by atoms with Crippen molar-refractivity contribution < 1.29 is 14.6 Å². The van der Waals surface area contributed by atoms with Gasteiger partial charge in [-0.05, 0) is 109 Å². The normalized spacial score (nSPS) is 46.9. The molecule has 3 unspecified atom stereocenters. The van der Waals surface area contributed by atoms with Crippen LogP contribution >= 0.6 is 0 Å². The van der Waals surface area contributed by atoms with Gasteiger partial charge in [-0.2, -0.15) is 0 Å². The minimum absolute atomic E-state index is 0.0470.